The quantitative estimate of drug-likeness (QED) is 0.841. The molecule has 114 valence electrons. The molecule has 1 aromatic rings. The molecular weight excluding hydrogens is 268 g/mol. The average Bonchev–Trinajstić information content (AvgIpc) is 3.20. The van der Waals surface area contributed by atoms with Crippen molar-refractivity contribution in [3.8, 4) is 5.75 Å². The molecule has 1 saturated carbocycles. The van der Waals surface area contributed by atoms with E-state index < -0.39 is 0 Å². The van der Waals surface area contributed by atoms with E-state index in [4.69, 9.17) is 15.2 Å². The summed E-state index contributed by atoms with van der Waals surface area (Å²) in [6.45, 7) is 2.36. The number of ether oxygens (including phenoxy) is 2. The number of nitrogens with zero attached hydrogens (tertiary/aromatic N) is 1. The Hall–Kier alpha value is -1.75. The van der Waals surface area contributed by atoms with Crippen molar-refractivity contribution in [1.29, 1.82) is 0 Å². The van der Waals surface area contributed by atoms with Gasteiger partial charge in [0.2, 0.25) is 0 Å². The van der Waals surface area contributed by atoms with Gasteiger partial charge in [-0.2, -0.15) is 0 Å². The second-order valence-electron chi connectivity index (χ2n) is 5.88. The largest absolute Gasteiger partial charge is 0.495 e. The fourth-order valence-corrected chi connectivity index (χ4v) is 2.82. The van der Waals surface area contributed by atoms with Crippen LogP contribution in [-0.2, 0) is 4.74 Å². The van der Waals surface area contributed by atoms with Gasteiger partial charge in [-0.25, -0.2) is 0 Å². The lowest BCUT2D eigenvalue weighted by molar-refractivity contribution is 0.0706. The minimum absolute atomic E-state index is 0.0683. The molecular formula is C16H22N2O3. The van der Waals surface area contributed by atoms with Crippen molar-refractivity contribution in [2.24, 2.45) is 5.92 Å². The lowest BCUT2D eigenvalue weighted by atomic mass is 10.1. The summed E-state index contributed by atoms with van der Waals surface area (Å²) >= 11 is 0. The van der Waals surface area contributed by atoms with E-state index >= 15 is 0 Å². The summed E-state index contributed by atoms with van der Waals surface area (Å²) in [7, 11) is 1.57. The smallest absolute Gasteiger partial charge is 0.254 e. The second-order valence-corrected chi connectivity index (χ2v) is 5.88. The third kappa shape index (κ3) is 3.13. The number of nitrogens with two attached hydrogens (primary N) is 1. The lowest BCUT2D eigenvalue weighted by Gasteiger charge is -2.25. The van der Waals surface area contributed by atoms with Gasteiger partial charge in [0.1, 0.15) is 5.75 Å². The standard InChI is InChI=1S/C16H22N2O3/c1-20-15-5-2-12(8-14(15)17)16(19)18(13-3-4-13)9-11-6-7-21-10-11/h2,5,8,11,13H,3-4,6-7,9-10,17H2,1H3. The number of anilines is 1. The highest BCUT2D eigenvalue weighted by atomic mass is 16.5. The molecule has 0 radical (unpaired) electrons. The van der Waals surface area contributed by atoms with Gasteiger partial charge < -0.3 is 20.1 Å². The Morgan fingerprint density at radius 2 is 2.24 bits per heavy atom. The fourth-order valence-electron chi connectivity index (χ4n) is 2.82. The van der Waals surface area contributed by atoms with Gasteiger partial charge in [-0.15, -0.1) is 0 Å². The first-order valence-electron chi connectivity index (χ1n) is 7.51. The molecule has 2 aliphatic rings. The van der Waals surface area contributed by atoms with Crippen LogP contribution >= 0.6 is 0 Å². The maximum Gasteiger partial charge on any atom is 0.254 e. The van der Waals surface area contributed by atoms with Gasteiger partial charge in [0.05, 0.1) is 19.4 Å². The van der Waals surface area contributed by atoms with Crippen LogP contribution < -0.4 is 10.5 Å². The maximum absolute atomic E-state index is 12.8. The molecule has 1 atom stereocenters. The zero-order valence-electron chi connectivity index (χ0n) is 12.4. The zero-order chi connectivity index (χ0) is 14.8. The summed E-state index contributed by atoms with van der Waals surface area (Å²) in [5, 5.41) is 0. The highest BCUT2D eigenvalue weighted by Gasteiger charge is 2.35. The fraction of sp³-hybridized carbons (Fsp3) is 0.562. The predicted molar refractivity (Wildman–Crippen MR) is 80.4 cm³/mol. The van der Waals surface area contributed by atoms with E-state index in [1.165, 1.54) is 0 Å². The van der Waals surface area contributed by atoms with Crippen LogP contribution in [0.4, 0.5) is 5.69 Å². The van der Waals surface area contributed by atoms with Gasteiger partial charge in [0.25, 0.3) is 5.91 Å². The first-order valence-corrected chi connectivity index (χ1v) is 7.51. The molecule has 1 heterocycles. The van der Waals surface area contributed by atoms with Gasteiger partial charge >= 0.3 is 0 Å². The average molecular weight is 290 g/mol. The molecule has 1 aliphatic heterocycles. The minimum atomic E-state index is 0.0683. The number of hydrogen-bond donors (Lipinski definition) is 1. The van der Waals surface area contributed by atoms with E-state index in [0.29, 0.717) is 29.0 Å². The molecule has 21 heavy (non-hydrogen) atoms. The van der Waals surface area contributed by atoms with E-state index in [1.807, 2.05) is 4.90 Å². The molecule has 1 saturated heterocycles. The van der Waals surface area contributed by atoms with Crippen LogP contribution in [-0.4, -0.2) is 43.7 Å². The van der Waals surface area contributed by atoms with E-state index in [2.05, 4.69) is 0 Å². The molecule has 1 amide bonds. The van der Waals surface area contributed by atoms with Crippen LogP contribution in [0.1, 0.15) is 29.6 Å². The highest BCUT2D eigenvalue weighted by molar-refractivity contribution is 5.96. The van der Waals surface area contributed by atoms with Crippen molar-refractivity contribution in [3.63, 3.8) is 0 Å². The van der Waals surface area contributed by atoms with Crippen LogP contribution in [0.15, 0.2) is 18.2 Å². The number of carbonyl (C=O) groups is 1. The van der Waals surface area contributed by atoms with Crippen molar-refractivity contribution in [2.45, 2.75) is 25.3 Å². The SMILES string of the molecule is COc1ccc(C(=O)N(CC2CCOC2)C2CC2)cc1N. The first-order chi connectivity index (χ1) is 10.2. The molecule has 5 heteroatoms. The van der Waals surface area contributed by atoms with Crippen LogP contribution in [0.2, 0.25) is 0 Å². The van der Waals surface area contributed by atoms with Crippen LogP contribution in [0.25, 0.3) is 0 Å². The van der Waals surface area contributed by atoms with Gasteiger partial charge in [0, 0.05) is 30.7 Å². The van der Waals surface area contributed by atoms with Crippen LogP contribution in [0, 0.1) is 5.92 Å². The Morgan fingerprint density at radius 3 is 2.81 bits per heavy atom. The second kappa shape index (κ2) is 5.93. The highest BCUT2D eigenvalue weighted by Crippen LogP contribution is 2.31. The number of benzene rings is 1. The summed E-state index contributed by atoms with van der Waals surface area (Å²) in [5.74, 6) is 1.14. The Bertz CT molecular complexity index is 522. The molecule has 3 rings (SSSR count). The summed E-state index contributed by atoms with van der Waals surface area (Å²) in [6.07, 6.45) is 3.25. The Labute approximate surface area is 125 Å². The third-order valence-corrected chi connectivity index (χ3v) is 4.20. The first kappa shape index (κ1) is 14.2. The van der Waals surface area contributed by atoms with Gasteiger partial charge in [-0.1, -0.05) is 0 Å². The molecule has 1 aliphatic carbocycles. The van der Waals surface area contributed by atoms with Gasteiger partial charge in [-0.05, 0) is 37.5 Å². The monoisotopic (exact) mass is 290 g/mol. The number of carbonyl (C=O) groups excluding carboxylic acids is 1. The topological polar surface area (TPSA) is 64.8 Å². The molecule has 0 aromatic heterocycles. The normalized spacial score (nSPS) is 21.3. The lowest BCUT2D eigenvalue weighted by Crippen LogP contribution is -2.37. The molecule has 2 fully saturated rings. The minimum Gasteiger partial charge on any atom is -0.495 e. The van der Waals surface area contributed by atoms with Gasteiger partial charge in [-0.3, -0.25) is 4.79 Å². The van der Waals surface area contributed by atoms with E-state index in [-0.39, 0.29) is 5.91 Å². The van der Waals surface area contributed by atoms with Crippen molar-refractivity contribution < 1.29 is 14.3 Å². The molecule has 2 N–H and O–H groups in total. The van der Waals surface area contributed by atoms with Crippen molar-refractivity contribution in [1.82, 2.24) is 4.90 Å². The molecule has 5 nitrogen and oxygen atoms in total. The molecule has 1 unspecified atom stereocenters. The van der Waals surface area contributed by atoms with Crippen LogP contribution in [0.5, 0.6) is 5.75 Å². The zero-order valence-corrected chi connectivity index (χ0v) is 12.4. The Morgan fingerprint density at radius 1 is 1.43 bits per heavy atom. The summed E-state index contributed by atoms with van der Waals surface area (Å²) in [4.78, 5) is 14.8. The van der Waals surface area contributed by atoms with Crippen molar-refractivity contribution in [2.75, 3.05) is 32.6 Å². The summed E-state index contributed by atoms with van der Waals surface area (Å²) < 4.78 is 10.6. The van der Waals surface area contributed by atoms with E-state index in [1.54, 1.807) is 25.3 Å². The number of amides is 1. The number of nitrogen functional groups attached to an aromatic ring is 1. The van der Waals surface area contributed by atoms with E-state index in [9.17, 15) is 4.79 Å². The Kier molecular flexibility index (Phi) is 4.01. The van der Waals surface area contributed by atoms with Crippen molar-refractivity contribution >= 4 is 11.6 Å². The third-order valence-electron chi connectivity index (χ3n) is 4.20. The van der Waals surface area contributed by atoms with Gasteiger partial charge in [0.15, 0.2) is 0 Å². The summed E-state index contributed by atoms with van der Waals surface area (Å²) in [5.41, 5.74) is 7.05. The summed E-state index contributed by atoms with van der Waals surface area (Å²) in [6, 6.07) is 5.65. The Balaban J connectivity index is 1.75. The molecule has 0 bridgehead atoms. The van der Waals surface area contributed by atoms with Crippen LogP contribution in [0.3, 0.4) is 0 Å². The molecule has 1 aromatic carbocycles. The number of rotatable bonds is 5. The van der Waals surface area contributed by atoms with Crippen molar-refractivity contribution in [3.05, 3.63) is 23.8 Å². The number of hydrogen-bond acceptors (Lipinski definition) is 4. The predicted octanol–water partition coefficient (Wildman–Crippen LogP) is 1.92. The molecule has 0 spiro atoms. The van der Waals surface area contributed by atoms with E-state index in [0.717, 1.165) is 39.0 Å². The maximum atomic E-state index is 12.8. The number of methoxy groups -OCH3 is 1.